The molecule has 0 bridgehead atoms. The number of carbonyl (C=O) groups is 2. The van der Waals surface area contributed by atoms with Crippen LogP contribution >= 0.6 is 11.5 Å². The van der Waals surface area contributed by atoms with Crippen molar-refractivity contribution in [3.05, 3.63) is 10.6 Å². The van der Waals surface area contributed by atoms with Crippen LogP contribution in [-0.2, 0) is 0 Å². The largest absolute Gasteiger partial charge is 0.395 e. The second-order valence-electron chi connectivity index (χ2n) is 4.68. The van der Waals surface area contributed by atoms with Gasteiger partial charge in [-0.3, -0.25) is 9.59 Å². The summed E-state index contributed by atoms with van der Waals surface area (Å²) in [5.74, 6) is 0.0405. The van der Waals surface area contributed by atoms with Crippen molar-refractivity contribution in [2.75, 3.05) is 18.8 Å². The van der Waals surface area contributed by atoms with Gasteiger partial charge in [0.1, 0.15) is 4.88 Å². The molecule has 7 heteroatoms. The molecule has 1 aromatic heterocycles. The Bertz CT molecular complexity index is 482. The fourth-order valence-corrected chi connectivity index (χ4v) is 2.30. The molecule has 0 aromatic carbocycles. The van der Waals surface area contributed by atoms with Crippen LogP contribution in [0.2, 0.25) is 0 Å². The van der Waals surface area contributed by atoms with Gasteiger partial charge in [0, 0.05) is 13.1 Å². The normalized spacial score (nSPS) is 14.2. The van der Waals surface area contributed by atoms with Crippen molar-refractivity contribution in [1.82, 2.24) is 15.0 Å². The van der Waals surface area contributed by atoms with Crippen LogP contribution in [0.3, 0.4) is 0 Å². The van der Waals surface area contributed by atoms with Crippen molar-refractivity contribution >= 4 is 29.0 Å². The minimum atomic E-state index is -0.322. The van der Waals surface area contributed by atoms with Gasteiger partial charge in [0.2, 0.25) is 0 Å². The molecule has 2 amide bonds. The Morgan fingerprint density at radius 3 is 2.74 bits per heavy atom. The van der Waals surface area contributed by atoms with Gasteiger partial charge in [-0.1, -0.05) is 6.92 Å². The first-order chi connectivity index (χ1) is 9.13. The van der Waals surface area contributed by atoms with Crippen LogP contribution in [0.4, 0.5) is 5.69 Å². The molecule has 104 valence electrons. The average molecular weight is 282 g/mol. The first-order valence-electron chi connectivity index (χ1n) is 6.45. The van der Waals surface area contributed by atoms with Crippen LogP contribution in [0, 0.1) is 5.92 Å². The molecule has 1 aliphatic rings. The van der Waals surface area contributed by atoms with Gasteiger partial charge in [0.15, 0.2) is 5.69 Å². The number of aromatic nitrogens is 1. The van der Waals surface area contributed by atoms with E-state index >= 15 is 0 Å². The molecule has 1 fully saturated rings. The summed E-state index contributed by atoms with van der Waals surface area (Å²) in [6.07, 6.45) is 3.18. The molecular formula is C12H18N4O2S. The van der Waals surface area contributed by atoms with E-state index in [1.807, 2.05) is 6.92 Å². The van der Waals surface area contributed by atoms with E-state index in [-0.39, 0.29) is 23.2 Å². The Morgan fingerprint density at radius 1 is 1.37 bits per heavy atom. The number of hydrogen-bond acceptors (Lipinski definition) is 5. The highest BCUT2D eigenvalue weighted by atomic mass is 32.1. The van der Waals surface area contributed by atoms with Crippen LogP contribution in [0.15, 0.2) is 0 Å². The zero-order valence-electron chi connectivity index (χ0n) is 10.9. The van der Waals surface area contributed by atoms with Crippen molar-refractivity contribution in [1.29, 1.82) is 0 Å². The molecule has 0 radical (unpaired) electrons. The fraction of sp³-hybridized carbons (Fsp3) is 0.583. The molecule has 1 heterocycles. The lowest BCUT2D eigenvalue weighted by Gasteiger charge is -2.03. The van der Waals surface area contributed by atoms with E-state index < -0.39 is 0 Å². The van der Waals surface area contributed by atoms with Gasteiger partial charge in [-0.2, -0.15) is 4.37 Å². The lowest BCUT2D eigenvalue weighted by molar-refractivity contribution is 0.0949. The Morgan fingerprint density at radius 2 is 2.11 bits per heavy atom. The maximum Gasteiger partial charge on any atom is 0.273 e. The fourth-order valence-electron chi connectivity index (χ4n) is 1.59. The van der Waals surface area contributed by atoms with E-state index in [0.717, 1.165) is 18.0 Å². The minimum Gasteiger partial charge on any atom is -0.395 e. The molecule has 6 nitrogen and oxygen atoms in total. The number of amides is 2. The molecule has 0 atom stereocenters. The van der Waals surface area contributed by atoms with Crippen LogP contribution in [0.5, 0.6) is 0 Å². The van der Waals surface area contributed by atoms with E-state index in [0.29, 0.717) is 23.9 Å². The molecule has 4 N–H and O–H groups in total. The van der Waals surface area contributed by atoms with Gasteiger partial charge < -0.3 is 16.4 Å². The Hall–Kier alpha value is -1.63. The molecule has 0 spiro atoms. The number of nitrogens with two attached hydrogens (primary N) is 1. The third-order valence-electron chi connectivity index (χ3n) is 2.93. The Balaban J connectivity index is 1.99. The second kappa shape index (κ2) is 6.01. The van der Waals surface area contributed by atoms with Gasteiger partial charge >= 0.3 is 0 Å². The highest BCUT2D eigenvalue weighted by Gasteiger charge is 2.25. The highest BCUT2D eigenvalue weighted by Crippen LogP contribution is 2.28. The molecule has 0 unspecified atom stereocenters. The standard InChI is InChI=1S/C12H18N4O2S/c1-2-5-14-11(17)9-8(13)10(19-16-9)12(18)15-6-7-3-4-7/h7H,2-6,13H2,1H3,(H,14,17)(H,15,18). The molecule has 0 aliphatic heterocycles. The third-order valence-corrected chi connectivity index (χ3v) is 3.79. The summed E-state index contributed by atoms with van der Waals surface area (Å²) < 4.78 is 3.98. The first kappa shape index (κ1) is 13.8. The summed E-state index contributed by atoms with van der Waals surface area (Å²) in [6, 6.07) is 0. The van der Waals surface area contributed by atoms with Crippen molar-refractivity contribution < 1.29 is 9.59 Å². The predicted octanol–water partition coefficient (Wildman–Crippen LogP) is 1.00. The van der Waals surface area contributed by atoms with Gasteiger partial charge in [-0.15, -0.1) is 0 Å². The van der Waals surface area contributed by atoms with E-state index in [4.69, 9.17) is 5.73 Å². The lowest BCUT2D eigenvalue weighted by Crippen LogP contribution is -2.27. The zero-order valence-corrected chi connectivity index (χ0v) is 11.7. The van der Waals surface area contributed by atoms with Crippen LogP contribution in [0.25, 0.3) is 0 Å². The van der Waals surface area contributed by atoms with E-state index in [9.17, 15) is 9.59 Å². The predicted molar refractivity (Wildman–Crippen MR) is 74.2 cm³/mol. The number of nitrogen functional groups attached to an aromatic ring is 1. The molecule has 19 heavy (non-hydrogen) atoms. The monoisotopic (exact) mass is 282 g/mol. The number of nitrogens with zero attached hydrogens (tertiary/aromatic N) is 1. The van der Waals surface area contributed by atoms with Crippen molar-refractivity contribution in [2.45, 2.75) is 26.2 Å². The SMILES string of the molecule is CCCNC(=O)c1nsc(C(=O)NCC2CC2)c1N. The average Bonchev–Trinajstić information content (AvgIpc) is 3.15. The molecular weight excluding hydrogens is 264 g/mol. The van der Waals surface area contributed by atoms with E-state index in [1.165, 1.54) is 12.8 Å². The zero-order chi connectivity index (χ0) is 13.8. The minimum absolute atomic E-state index is 0.148. The summed E-state index contributed by atoms with van der Waals surface area (Å²) in [7, 11) is 0. The summed E-state index contributed by atoms with van der Waals surface area (Å²) in [5.41, 5.74) is 6.15. The van der Waals surface area contributed by atoms with Gasteiger partial charge in [-0.05, 0) is 36.7 Å². The van der Waals surface area contributed by atoms with Crippen LogP contribution in [-0.4, -0.2) is 29.3 Å². The van der Waals surface area contributed by atoms with Crippen molar-refractivity contribution in [3.63, 3.8) is 0 Å². The number of hydrogen-bond donors (Lipinski definition) is 3. The topological polar surface area (TPSA) is 97.1 Å². The highest BCUT2D eigenvalue weighted by molar-refractivity contribution is 7.09. The number of nitrogens with one attached hydrogen (secondary N) is 2. The molecule has 1 saturated carbocycles. The summed E-state index contributed by atoms with van der Waals surface area (Å²) in [5, 5.41) is 5.51. The third kappa shape index (κ3) is 3.44. The van der Waals surface area contributed by atoms with Gasteiger partial charge in [-0.25, -0.2) is 0 Å². The summed E-state index contributed by atoms with van der Waals surface area (Å²) in [6.45, 7) is 3.20. The Kier molecular flexibility index (Phi) is 4.36. The van der Waals surface area contributed by atoms with Gasteiger partial charge in [0.25, 0.3) is 11.8 Å². The summed E-state index contributed by atoms with van der Waals surface area (Å²) in [4.78, 5) is 24.0. The summed E-state index contributed by atoms with van der Waals surface area (Å²) >= 11 is 0.970. The quantitative estimate of drug-likeness (QED) is 0.725. The van der Waals surface area contributed by atoms with Crippen molar-refractivity contribution in [2.24, 2.45) is 5.92 Å². The second-order valence-corrected chi connectivity index (χ2v) is 5.46. The maximum atomic E-state index is 11.9. The van der Waals surface area contributed by atoms with Gasteiger partial charge in [0.05, 0.1) is 5.69 Å². The first-order valence-corrected chi connectivity index (χ1v) is 7.22. The van der Waals surface area contributed by atoms with Crippen LogP contribution < -0.4 is 16.4 Å². The van der Waals surface area contributed by atoms with Crippen molar-refractivity contribution in [3.8, 4) is 0 Å². The van der Waals surface area contributed by atoms with E-state index in [2.05, 4.69) is 15.0 Å². The maximum absolute atomic E-state index is 11.9. The van der Waals surface area contributed by atoms with E-state index in [1.54, 1.807) is 0 Å². The lowest BCUT2D eigenvalue weighted by atomic mass is 10.2. The van der Waals surface area contributed by atoms with Crippen LogP contribution in [0.1, 0.15) is 46.3 Å². The smallest absolute Gasteiger partial charge is 0.273 e. The molecule has 1 aliphatic carbocycles. The number of rotatable bonds is 6. The number of anilines is 1. The Labute approximate surface area is 115 Å². The molecule has 2 rings (SSSR count). The number of carbonyl (C=O) groups excluding carboxylic acids is 2. The molecule has 1 aromatic rings. The molecule has 0 saturated heterocycles.